The maximum Gasteiger partial charge on any atom is 0.345 e. The lowest BCUT2D eigenvalue weighted by atomic mass is 9.96. The highest BCUT2D eigenvalue weighted by atomic mass is 16.2. The van der Waals surface area contributed by atoms with Crippen LogP contribution in [0.3, 0.4) is 0 Å². The molecule has 28 heavy (non-hydrogen) atoms. The molecule has 4 rings (SSSR count). The summed E-state index contributed by atoms with van der Waals surface area (Å²) >= 11 is 0. The van der Waals surface area contributed by atoms with Gasteiger partial charge in [0.2, 0.25) is 0 Å². The largest absolute Gasteiger partial charge is 0.345 e. The molecule has 8 nitrogen and oxygen atoms in total. The van der Waals surface area contributed by atoms with Crippen molar-refractivity contribution < 1.29 is 4.79 Å². The first-order chi connectivity index (χ1) is 13.6. The molecule has 3 heterocycles. The standard InChI is InChI=1S/C20H24N6O2/c1-3-26-18(23-24(2)20(26)28)16-5-4-12-25(13-16)19(27)15-8-6-14(7-9-15)17-10-11-21-22-17/h6-11,16H,3-5,12-13H2,1-2H3,(H,21,22). The first-order valence-corrected chi connectivity index (χ1v) is 9.61. The summed E-state index contributed by atoms with van der Waals surface area (Å²) in [6.45, 7) is 3.83. The zero-order chi connectivity index (χ0) is 19.7. The van der Waals surface area contributed by atoms with Gasteiger partial charge in [-0.15, -0.1) is 0 Å². The van der Waals surface area contributed by atoms with Crippen molar-refractivity contribution in [2.75, 3.05) is 13.1 Å². The molecule has 1 aromatic carbocycles. The van der Waals surface area contributed by atoms with Crippen LogP contribution < -0.4 is 5.69 Å². The molecule has 1 aliphatic rings. The smallest absolute Gasteiger partial charge is 0.338 e. The van der Waals surface area contributed by atoms with Crippen LogP contribution in [0.5, 0.6) is 0 Å². The summed E-state index contributed by atoms with van der Waals surface area (Å²) < 4.78 is 3.09. The number of aromatic nitrogens is 5. The van der Waals surface area contributed by atoms with Crippen molar-refractivity contribution in [2.45, 2.75) is 32.2 Å². The third-order valence-corrected chi connectivity index (χ3v) is 5.37. The number of nitrogens with one attached hydrogen (secondary N) is 1. The minimum Gasteiger partial charge on any atom is -0.338 e. The number of aryl methyl sites for hydroxylation is 1. The zero-order valence-electron chi connectivity index (χ0n) is 16.1. The number of rotatable bonds is 4. The molecule has 1 unspecified atom stereocenters. The van der Waals surface area contributed by atoms with E-state index in [9.17, 15) is 9.59 Å². The van der Waals surface area contributed by atoms with Gasteiger partial charge >= 0.3 is 5.69 Å². The van der Waals surface area contributed by atoms with Crippen LogP contribution in [0.15, 0.2) is 41.3 Å². The van der Waals surface area contributed by atoms with Gasteiger partial charge in [-0.3, -0.25) is 14.5 Å². The van der Waals surface area contributed by atoms with Gasteiger partial charge in [-0.25, -0.2) is 9.48 Å². The third kappa shape index (κ3) is 3.26. The molecule has 0 bridgehead atoms. The molecule has 0 saturated carbocycles. The number of carbonyl (C=O) groups is 1. The lowest BCUT2D eigenvalue weighted by Crippen LogP contribution is -2.40. The van der Waals surface area contributed by atoms with Gasteiger partial charge in [0.1, 0.15) is 5.82 Å². The second-order valence-electron chi connectivity index (χ2n) is 7.15. The molecule has 1 fully saturated rings. The Labute approximate surface area is 162 Å². The third-order valence-electron chi connectivity index (χ3n) is 5.37. The zero-order valence-corrected chi connectivity index (χ0v) is 16.1. The summed E-state index contributed by atoms with van der Waals surface area (Å²) in [5, 5.41) is 11.3. The van der Waals surface area contributed by atoms with E-state index in [0.29, 0.717) is 18.7 Å². The summed E-state index contributed by atoms with van der Waals surface area (Å²) in [6.07, 6.45) is 3.53. The van der Waals surface area contributed by atoms with Crippen molar-refractivity contribution in [1.29, 1.82) is 0 Å². The summed E-state index contributed by atoms with van der Waals surface area (Å²) in [4.78, 5) is 27.1. The molecule has 1 N–H and O–H groups in total. The minimum absolute atomic E-state index is 0.0159. The highest BCUT2D eigenvalue weighted by molar-refractivity contribution is 5.94. The van der Waals surface area contributed by atoms with Gasteiger partial charge in [-0.1, -0.05) is 12.1 Å². The Morgan fingerprint density at radius 2 is 2.04 bits per heavy atom. The van der Waals surface area contributed by atoms with E-state index in [-0.39, 0.29) is 17.5 Å². The fourth-order valence-corrected chi connectivity index (χ4v) is 3.89. The molecule has 8 heteroatoms. The van der Waals surface area contributed by atoms with Crippen LogP contribution in [0, 0.1) is 0 Å². The molecular formula is C20H24N6O2. The van der Waals surface area contributed by atoms with Crippen molar-refractivity contribution >= 4 is 5.91 Å². The molecule has 2 aromatic heterocycles. The van der Waals surface area contributed by atoms with Gasteiger partial charge in [0, 0.05) is 44.4 Å². The number of piperidine rings is 1. The van der Waals surface area contributed by atoms with E-state index >= 15 is 0 Å². The Kier molecular flexibility index (Phi) is 4.85. The first-order valence-electron chi connectivity index (χ1n) is 9.61. The number of hydrogen-bond donors (Lipinski definition) is 1. The molecule has 1 aliphatic heterocycles. The maximum atomic E-state index is 13.0. The van der Waals surface area contributed by atoms with Crippen molar-refractivity contribution in [3.8, 4) is 11.3 Å². The monoisotopic (exact) mass is 380 g/mol. The number of likely N-dealkylation sites (tertiary alicyclic amines) is 1. The summed E-state index contributed by atoms with van der Waals surface area (Å²) in [5.74, 6) is 0.875. The summed E-state index contributed by atoms with van der Waals surface area (Å²) in [7, 11) is 1.67. The van der Waals surface area contributed by atoms with Gasteiger partial charge in [0.25, 0.3) is 5.91 Å². The molecule has 0 radical (unpaired) electrons. The van der Waals surface area contributed by atoms with Crippen LogP contribution in [0.25, 0.3) is 11.3 Å². The van der Waals surface area contributed by atoms with Crippen molar-refractivity contribution in [1.82, 2.24) is 29.4 Å². The molecular weight excluding hydrogens is 356 g/mol. The second kappa shape index (κ2) is 7.46. The Bertz CT molecular complexity index is 1020. The lowest BCUT2D eigenvalue weighted by Gasteiger charge is -2.32. The fraction of sp³-hybridized carbons (Fsp3) is 0.400. The van der Waals surface area contributed by atoms with E-state index in [1.165, 1.54) is 4.68 Å². The Hall–Kier alpha value is -3.16. The Morgan fingerprint density at radius 1 is 1.25 bits per heavy atom. The average molecular weight is 380 g/mol. The van der Waals surface area contributed by atoms with Crippen molar-refractivity contribution in [2.24, 2.45) is 7.05 Å². The predicted molar refractivity (Wildman–Crippen MR) is 105 cm³/mol. The van der Waals surface area contributed by atoms with E-state index in [1.54, 1.807) is 17.8 Å². The topological polar surface area (TPSA) is 88.8 Å². The van der Waals surface area contributed by atoms with Gasteiger partial charge < -0.3 is 4.90 Å². The normalized spacial score (nSPS) is 17.1. The van der Waals surface area contributed by atoms with Gasteiger partial charge in [-0.05, 0) is 43.5 Å². The van der Waals surface area contributed by atoms with Crippen LogP contribution >= 0.6 is 0 Å². The lowest BCUT2D eigenvalue weighted by molar-refractivity contribution is 0.0703. The van der Waals surface area contributed by atoms with Crippen molar-refractivity contribution in [3.05, 3.63) is 58.4 Å². The molecule has 1 saturated heterocycles. The van der Waals surface area contributed by atoms with Gasteiger partial charge in [0.05, 0.1) is 5.69 Å². The molecule has 1 amide bonds. The van der Waals surface area contributed by atoms with Crippen LogP contribution in [-0.4, -0.2) is 48.4 Å². The fourth-order valence-electron chi connectivity index (χ4n) is 3.89. The van der Waals surface area contributed by atoms with Gasteiger partial charge in [0.15, 0.2) is 0 Å². The van der Waals surface area contributed by atoms with Crippen LogP contribution in [0.4, 0.5) is 0 Å². The molecule has 146 valence electrons. The molecule has 3 aromatic rings. The number of aromatic amines is 1. The number of amides is 1. The van der Waals surface area contributed by atoms with Gasteiger partial charge in [-0.2, -0.15) is 10.2 Å². The quantitative estimate of drug-likeness (QED) is 0.750. The summed E-state index contributed by atoms with van der Waals surface area (Å²) in [6, 6.07) is 9.45. The highest BCUT2D eigenvalue weighted by Gasteiger charge is 2.29. The average Bonchev–Trinajstić information content (AvgIpc) is 3.36. The summed E-state index contributed by atoms with van der Waals surface area (Å²) in [5.41, 5.74) is 2.48. The molecule has 1 atom stereocenters. The predicted octanol–water partition coefficient (Wildman–Crippen LogP) is 2.01. The number of carbonyl (C=O) groups excluding carboxylic acids is 1. The Morgan fingerprint density at radius 3 is 2.71 bits per heavy atom. The number of H-pyrrole nitrogens is 1. The van der Waals surface area contributed by atoms with E-state index in [1.807, 2.05) is 42.2 Å². The number of hydrogen-bond acceptors (Lipinski definition) is 4. The van der Waals surface area contributed by atoms with E-state index < -0.39 is 0 Å². The first kappa shape index (κ1) is 18.2. The second-order valence-corrected chi connectivity index (χ2v) is 7.15. The van der Waals surface area contributed by atoms with Crippen LogP contribution in [0.2, 0.25) is 0 Å². The number of benzene rings is 1. The van der Waals surface area contributed by atoms with E-state index in [4.69, 9.17) is 0 Å². The highest BCUT2D eigenvalue weighted by Crippen LogP contribution is 2.26. The van der Waals surface area contributed by atoms with E-state index in [2.05, 4.69) is 15.3 Å². The minimum atomic E-state index is -0.102. The SMILES string of the molecule is CCn1c(C2CCCN(C(=O)c3ccc(-c4ccn[nH]4)cc3)C2)nn(C)c1=O. The molecule has 0 spiro atoms. The number of nitrogens with zero attached hydrogens (tertiary/aromatic N) is 5. The van der Waals surface area contributed by atoms with E-state index in [0.717, 1.165) is 36.5 Å². The maximum absolute atomic E-state index is 13.0. The van der Waals surface area contributed by atoms with Crippen molar-refractivity contribution in [3.63, 3.8) is 0 Å². The van der Waals surface area contributed by atoms with Crippen LogP contribution in [-0.2, 0) is 13.6 Å². The molecule has 0 aliphatic carbocycles. The van der Waals surface area contributed by atoms with Crippen LogP contribution in [0.1, 0.15) is 41.9 Å². The Balaban J connectivity index is 1.52.